The first-order valence-corrected chi connectivity index (χ1v) is 9.45. The Balaban J connectivity index is 1.57. The van der Waals surface area contributed by atoms with Crippen LogP contribution in [0.3, 0.4) is 0 Å². The van der Waals surface area contributed by atoms with Gasteiger partial charge >= 0.3 is 0 Å². The molecule has 140 valence electrons. The molecule has 0 atom stereocenters. The lowest BCUT2D eigenvalue weighted by Gasteiger charge is -2.18. The largest absolute Gasteiger partial charge is 0.497 e. The summed E-state index contributed by atoms with van der Waals surface area (Å²) in [6.07, 6.45) is 0. The van der Waals surface area contributed by atoms with Crippen LogP contribution in [0.25, 0.3) is 0 Å². The van der Waals surface area contributed by atoms with Crippen molar-refractivity contribution in [3.8, 4) is 11.5 Å². The number of thiazole rings is 1. The third-order valence-corrected chi connectivity index (χ3v) is 4.90. The molecule has 0 spiro atoms. The van der Waals surface area contributed by atoms with Crippen LogP contribution >= 0.6 is 11.3 Å². The number of carbonyl (C=O) groups excluding carboxylic acids is 1. The summed E-state index contributed by atoms with van der Waals surface area (Å²) >= 11 is 1.60. The van der Waals surface area contributed by atoms with Crippen LogP contribution < -0.4 is 9.47 Å². The predicted octanol–water partition coefficient (Wildman–Crippen LogP) is 4.31. The molecule has 0 saturated carbocycles. The second-order valence-corrected chi connectivity index (χ2v) is 7.24. The summed E-state index contributed by atoms with van der Waals surface area (Å²) < 4.78 is 10.9. The molecule has 5 nitrogen and oxygen atoms in total. The molecule has 0 bridgehead atoms. The van der Waals surface area contributed by atoms with Crippen molar-refractivity contribution in [2.45, 2.75) is 20.1 Å². The Kier molecular flexibility index (Phi) is 6.08. The van der Waals surface area contributed by atoms with Crippen molar-refractivity contribution in [3.63, 3.8) is 0 Å². The van der Waals surface area contributed by atoms with Gasteiger partial charge in [-0.1, -0.05) is 12.1 Å². The van der Waals surface area contributed by atoms with Gasteiger partial charge in [-0.3, -0.25) is 4.79 Å². The van der Waals surface area contributed by atoms with E-state index in [1.807, 2.05) is 48.7 Å². The summed E-state index contributed by atoms with van der Waals surface area (Å²) in [4.78, 5) is 18.7. The summed E-state index contributed by atoms with van der Waals surface area (Å²) in [5.74, 6) is 1.48. The first-order chi connectivity index (χ1) is 13.0. The molecule has 0 radical (unpaired) electrons. The maximum atomic E-state index is 12.6. The van der Waals surface area contributed by atoms with Crippen LogP contribution in [0.2, 0.25) is 0 Å². The van der Waals surface area contributed by atoms with Crippen molar-refractivity contribution in [1.82, 2.24) is 9.88 Å². The van der Waals surface area contributed by atoms with Gasteiger partial charge in [0.25, 0.3) is 5.91 Å². The molecule has 1 heterocycles. The van der Waals surface area contributed by atoms with Gasteiger partial charge in [0.2, 0.25) is 0 Å². The molecule has 0 aliphatic heterocycles. The highest BCUT2D eigenvalue weighted by Crippen LogP contribution is 2.18. The van der Waals surface area contributed by atoms with Gasteiger partial charge < -0.3 is 14.4 Å². The fraction of sp³-hybridized carbons (Fsp3) is 0.238. The average Bonchev–Trinajstić information content (AvgIpc) is 3.12. The molecule has 3 rings (SSSR count). The van der Waals surface area contributed by atoms with E-state index in [9.17, 15) is 4.79 Å². The average molecular weight is 382 g/mol. The normalized spacial score (nSPS) is 10.5. The minimum Gasteiger partial charge on any atom is -0.497 e. The summed E-state index contributed by atoms with van der Waals surface area (Å²) in [6, 6.07) is 14.9. The van der Waals surface area contributed by atoms with Crippen molar-refractivity contribution in [2.75, 3.05) is 14.2 Å². The second kappa shape index (κ2) is 8.68. The van der Waals surface area contributed by atoms with Crippen molar-refractivity contribution >= 4 is 17.2 Å². The topological polar surface area (TPSA) is 51.7 Å². The molecule has 1 amide bonds. The number of carbonyl (C=O) groups is 1. The zero-order chi connectivity index (χ0) is 19.2. The quantitative estimate of drug-likeness (QED) is 0.611. The van der Waals surface area contributed by atoms with Crippen molar-refractivity contribution in [1.29, 1.82) is 0 Å². The maximum Gasteiger partial charge on any atom is 0.253 e. The van der Waals surface area contributed by atoms with E-state index < -0.39 is 0 Å². The van der Waals surface area contributed by atoms with Gasteiger partial charge in [-0.15, -0.1) is 11.3 Å². The number of aromatic nitrogens is 1. The molecule has 2 aromatic carbocycles. The van der Waals surface area contributed by atoms with Crippen LogP contribution in [0.1, 0.15) is 26.6 Å². The van der Waals surface area contributed by atoms with Crippen LogP contribution in [0, 0.1) is 6.92 Å². The minimum absolute atomic E-state index is 0.0347. The molecule has 0 unspecified atom stereocenters. The Morgan fingerprint density at radius 1 is 1.07 bits per heavy atom. The highest BCUT2D eigenvalue weighted by atomic mass is 32.1. The van der Waals surface area contributed by atoms with E-state index in [0.29, 0.717) is 18.7 Å². The van der Waals surface area contributed by atoms with Crippen LogP contribution in [0.4, 0.5) is 0 Å². The number of methoxy groups -OCH3 is 1. The van der Waals surface area contributed by atoms with Crippen LogP contribution in [0.5, 0.6) is 11.5 Å². The smallest absolute Gasteiger partial charge is 0.253 e. The van der Waals surface area contributed by atoms with Crippen LogP contribution in [0.15, 0.2) is 53.9 Å². The number of amides is 1. The fourth-order valence-electron chi connectivity index (χ4n) is 2.62. The second-order valence-electron chi connectivity index (χ2n) is 6.18. The number of hydrogen-bond acceptors (Lipinski definition) is 5. The van der Waals surface area contributed by atoms with E-state index in [4.69, 9.17) is 9.47 Å². The SMILES string of the molecule is COc1ccc(CN(C)C(=O)c2ccc(OCc3csc(C)n3)cc2)cc1. The number of hydrogen-bond donors (Lipinski definition) is 0. The van der Waals surface area contributed by atoms with Gasteiger partial charge in [0, 0.05) is 24.5 Å². The van der Waals surface area contributed by atoms with Gasteiger partial charge in [0.05, 0.1) is 17.8 Å². The summed E-state index contributed by atoms with van der Waals surface area (Å²) in [7, 11) is 3.43. The van der Waals surface area contributed by atoms with Gasteiger partial charge in [-0.2, -0.15) is 0 Å². The summed E-state index contributed by atoms with van der Waals surface area (Å²) in [5.41, 5.74) is 2.59. The number of rotatable bonds is 7. The van der Waals surface area contributed by atoms with Crippen LogP contribution in [-0.2, 0) is 13.2 Å². The third-order valence-electron chi connectivity index (χ3n) is 4.08. The molecule has 6 heteroatoms. The first-order valence-electron chi connectivity index (χ1n) is 8.57. The zero-order valence-electron chi connectivity index (χ0n) is 15.6. The Bertz CT molecular complexity index is 889. The molecule has 27 heavy (non-hydrogen) atoms. The molecule has 3 aromatic rings. The Morgan fingerprint density at radius 3 is 2.33 bits per heavy atom. The molecule has 1 aromatic heterocycles. The van der Waals surface area contributed by atoms with Crippen LogP contribution in [-0.4, -0.2) is 29.9 Å². The predicted molar refractivity (Wildman–Crippen MR) is 106 cm³/mol. The Hall–Kier alpha value is -2.86. The molecule has 0 fully saturated rings. The molecule has 0 aliphatic carbocycles. The van der Waals surface area contributed by atoms with E-state index in [0.717, 1.165) is 27.8 Å². The molecule has 0 saturated heterocycles. The number of ether oxygens (including phenoxy) is 2. The van der Waals surface area contributed by atoms with Gasteiger partial charge in [-0.05, 0) is 48.9 Å². The van der Waals surface area contributed by atoms with Crippen molar-refractivity contribution < 1.29 is 14.3 Å². The lowest BCUT2D eigenvalue weighted by atomic mass is 10.1. The van der Waals surface area contributed by atoms with E-state index >= 15 is 0 Å². The summed E-state index contributed by atoms with van der Waals surface area (Å²) in [6.45, 7) is 2.93. The molecular formula is C21H22N2O3S. The molecular weight excluding hydrogens is 360 g/mol. The summed E-state index contributed by atoms with van der Waals surface area (Å²) in [5, 5.41) is 3.01. The number of benzene rings is 2. The third kappa shape index (κ3) is 5.08. The Morgan fingerprint density at radius 2 is 1.74 bits per heavy atom. The van der Waals surface area contributed by atoms with Crippen molar-refractivity contribution in [2.24, 2.45) is 0 Å². The molecule has 0 N–H and O–H groups in total. The minimum atomic E-state index is -0.0347. The highest BCUT2D eigenvalue weighted by Gasteiger charge is 2.12. The van der Waals surface area contributed by atoms with E-state index in [1.165, 1.54) is 0 Å². The first kappa shape index (κ1) is 18.9. The number of nitrogens with zero attached hydrogens (tertiary/aromatic N) is 2. The lowest BCUT2D eigenvalue weighted by Crippen LogP contribution is -2.26. The van der Waals surface area contributed by atoms with E-state index in [-0.39, 0.29) is 5.91 Å². The number of aryl methyl sites for hydroxylation is 1. The van der Waals surface area contributed by atoms with Crippen molar-refractivity contribution in [3.05, 3.63) is 75.7 Å². The lowest BCUT2D eigenvalue weighted by molar-refractivity contribution is 0.0785. The van der Waals surface area contributed by atoms with Gasteiger partial charge in [0.15, 0.2) is 0 Å². The highest BCUT2D eigenvalue weighted by molar-refractivity contribution is 7.09. The van der Waals surface area contributed by atoms with Gasteiger partial charge in [0.1, 0.15) is 18.1 Å². The Labute approximate surface area is 163 Å². The zero-order valence-corrected chi connectivity index (χ0v) is 16.5. The fourth-order valence-corrected chi connectivity index (χ4v) is 3.22. The standard InChI is InChI=1S/C21H22N2O3S/c1-15-22-18(14-27-15)13-26-20-10-6-17(7-11-20)21(24)23(2)12-16-4-8-19(25-3)9-5-16/h4-11,14H,12-13H2,1-3H3. The van der Waals surface area contributed by atoms with E-state index in [2.05, 4.69) is 4.98 Å². The van der Waals surface area contributed by atoms with E-state index in [1.54, 1.807) is 42.5 Å². The molecule has 0 aliphatic rings. The van der Waals surface area contributed by atoms with Gasteiger partial charge in [-0.25, -0.2) is 4.98 Å². The maximum absolute atomic E-state index is 12.6. The monoisotopic (exact) mass is 382 g/mol.